The molecule has 0 radical (unpaired) electrons. The first kappa shape index (κ1) is 19.5. The minimum atomic E-state index is 0. The Kier molecular flexibility index (Phi) is 6.00. The van der Waals surface area contributed by atoms with E-state index >= 15 is 0 Å². The molecule has 2 N–H and O–H groups in total. The zero-order chi connectivity index (χ0) is 18.0. The minimum absolute atomic E-state index is 0. The van der Waals surface area contributed by atoms with E-state index in [2.05, 4.69) is 4.98 Å². The van der Waals surface area contributed by atoms with Gasteiger partial charge in [0.2, 0.25) is 0 Å². The van der Waals surface area contributed by atoms with Gasteiger partial charge in [-0.25, -0.2) is 4.98 Å². The van der Waals surface area contributed by atoms with Gasteiger partial charge in [-0.05, 0) is 35.7 Å². The van der Waals surface area contributed by atoms with Crippen molar-refractivity contribution in [3.63, 3.8) is 0 Å². The van der Waals surface area contributed by atoms with E-state index in [1.807, 2.05) is 36.4 Å². The standard InChI is InChI=1S/C19H20N2O4.ClH/c1-22-13-5-12(6-14(9-13)23-2)16-7-11-8-17(24-3)18(25-4)10-15(11)19(20)21-16;/h5-10H,1-4H3,(H2,20,21);1H. The maximum Gasteiger partial charge on any atom is 0.161 e. The Balaban J connectivity index is 0.00000243. The average Bonchev–Trinajstić information content (AvgIpc) is 2.66. The molecule has 26 heavy (non-hydrogen) atoms. The molecule has 0 amide bonds. The lowest BCUT2D eigenvalue weighted by atomic mass is 10.1. The number of nitrogen functional groups attached to an aromatic ring is 1. The maximum absolute atomic E-state index is 6.18. The molecule has 0 unspecified atom stereocenters. The second kappa shape index (κ2) is 8.01. The summed E-state index contributed by atoms with van der Waals surface area (Å²) >= 11 is 0. The van der Waals surface area contributed by atoms with Gasteiger partial charge in [0, 0.05) is 17.0 Å². The number of hydrogen-bond acceptors (Lipinski definition) is 6. The van der Waals surface area contributed by atoms with Crippen LogP contribution in [0.3, 0.4) is 0 Å². The fourth-order valence-electron chi connectivity index (χ4n) is 2.71. The predicted molar refractivity (Wildman–Crippen MR) is 105 cm³/mol. The third-order valence-electron chi connectivity index (χ3n) is 4.01. The molecule has 1 aromatic heterocycles. The third kappa shape index (κ3) is 3.55. The van der Waals surface area contributed by atoms with Crippen LogP contribution in [-0.2, 0) is 0 Å². The van der Waals surface area contributed by atoms with Crippen LogP contribution in [0.15, 0.2) is 36.4 Å². The Morgan fingerprint density at radius 3 is 1.85 bits per heavy atom. The van der Waals surface area contributed by atoms with Crippen LogP contribution in [0.4, 0.5) is 5.82 Å². The van der Waals surface area contributed by atoms with Gasteiger partial charge in [0.1, 0.15) is 17.3 Å². The summed E-state index contributed by atoms with van der Waals surface area (Å²) in [5.41, 5.74) is 7.74. The lowest BCUT2D eigenvalue weighted by Gasteiger charge is -2.13. The number of aromatic nitrogens is 1. The molecule has 0 aliphatic carbocycles. The van der Waals surface area contributed by atoms with Gasteiger partial charge in [-0.2, -0.15) is 0 Å². The van der Waals surface area contributed by atoms with Gasteiger partial charge < -0.3 is 24.7 Å². The SMILES string of the molecule is COc1cc(OC)cc(-c2cc3cc(OC)c(OC)cc3c(N)n2)c1.Cl. The summed E-state index contributed by atoms with van der Waals surface area (Å²) in [7, 11) is 6.40. The number of benzene rings is 2. The van der Waals surface area contributed by atoms with Crippen LogP contribution in [-0.4, -0.2) is 33.4 Å². The van der Waals surface area contributed by atoms with Crippen molar-refractivity contribution in [1.82, 2.24) is 4.98 Å². The van der Waals surface area contributed by atoms with Gasteiger partial charge in [0.15, 0.2) is 11.5 Å². The number of ether oxygens (including phenoxy) is 4. The second-order valence-corrected chi connectivity index (χ2v) is 5.42. The number of halogens is 1. The molecule has 2 aromatic carbocycles. The van der Waals surface area contributed by atoms with E-state index in [0.29, 0.717) is 28.8 Å². The predicted octanol–water partition coefficient (Wildman–Crippen LogP) is 3.94. The normalized spacial score (nSPS) is 10.2. The molecule has 7 heteroatoms. The molecular formula is C19H21ClN2O4. The molecule has 0 atom stereocenters. The van der Waals surface area contributed by atoms with Crippen LogP contribution in [0, 0.1) is 0 Å². The van der Waals surface area contributed by atoms with Gasteiger partial charge in [-0.3, -0.25) is 0 Å². The number of methoxy groups -OCH3 is 4. The Morgan fingerprint density at radius 1 is 0.731 bits per heavy atom. The van der Waals surface area contributed by atoms with E-state index in [4.69, 9.17) is 24.7 Å². The molecule has 3 rings (SSSR count). The number of hydrogen-bond donors (Lipinski definition) is 1. The van der Waals surface area contributed by atoms with E-state index in [1.165, 1.54) is 0 Å². The Hall–Kier alpha value is -2.86. The highest BCUT2D eigenvalue weighted by Crippen LogP contribution is 2.37. The number of fused-ring (bicyclic) bond motifs is 1. The quantitative estimate of drug-likeness (QED) is 0.726. The number of rotatable bonds is 5. The maximum atomic E-state index is 6.18. The fraction of sp³-hybridized carbons (Fsp3) is 0.211. The van der Waals surface area contributed by atoms with Crippen molar-refractivity contribution in [3.05, 3.63) is 36.4 Å². The number of anilines is 1. The summed E-state index contributed by atoms with van der Waals surface area (Å²) in [6, 6.07) is 11.2. The molecule has 1 heterocycles. The van der Waals surface area contributed by atoms with Crippen LogP contribution in [0.1, 0.15) is 0 Å². The largest absolute Gasteiger partial charge is 0.497 e. The minimum Gasteiger partial charge on any atom is -0.497 e. The zero-order valence-electron chi connectivity index (χ0n) is 15.0. The highest BCUT2D eigenvalue weighted by Gasteiger charge is 2.12. The molecule has 0 fully saturated rings. The summed E-state index contributed by atoms with van der Waals surface area (Å²) < 4.78 is 21.4. The highest BCUT2D eigenvalue weighted by molar-refractivity contribution is 5.96. The number of nitrogens with zero attached hydrogens (tertiary/aromatic N) is 1. The molecular weight excluding hydrogens is 356 g/mol. The topological polar surface area (TPSA) is 75.8 Å². The van der Waals surface area contributed by atoms with E-state index in [1.54, 1.807) is 28.4 Å². The summed E-state index contributed by atoms with van der Waals surface area (Å²) in [6.45, 7) is 0. The molecule has 0 spiro atoms. The van der Waals surface area contributed by atoms with Crippen molar-refractivity contribution in [2.24, 2.45) is 0 Å². The summed E-state index contributed by atoms with van der Waals surface area (Å²) in [6.07, 6.45) is 0. The van der Waals surface area contributed by atoms with Gasteiger partial charge in [0.05, 0.1) is 34.1 Å². The lowest BCUT2D eigenvalue weighted by molar-refractivity contribution is 0.356. The van der Waals surface area contributed by atoms with Crippen LogP contribution < -0.4 is 24.7 Å². The monoisotopic (exact) mass is 376 g/mol. The molecule has 0 aliphatic heterocycles. The van der Waals surface area contributed by atoms with Crippen molar-refractivity contribution >= 4 is 29.0 Å². The van der Waals surface area contributed by atoms with Crippen molar-refractivity contribution in [2.45, 2.75) is 0 Å². The number of pyridine rings is 1. The molecule has 0 bridgehead atoms. The van der Waals surface area contributed by atoms with Crippen LogP contribution in [0.5, 0.6) is 23.0 Å². The Morgan fingerprint density at radius 2 is 1.31 bits per heavy atom. The lowest BCUT2D eigenvalue weighted by Crippen LogP contribution is -1.97. The van der Waals surface area contributed by atoms with Crippen LogP contribution >= 0.6 is 12.4 Å². The summed E-state index contributed by atoms with van der Waals surface area (Å²) in [5.74, 6) is 3.02. The first-order valence-electron chi connectivity index (χ1n) is 7.65. The first-order valence-corrected chi connectivity index (χ1v) is 7.65. The van der Waals surface area contributed by atoms with Gasteiger partial charge in [0.25, 0.3) is 0 Å². The highest BCUT2D eigenvalue weighted by atomic mass is 35.5. The molecule has 138 valence electrons. The number of nitrogens with two attached hydrogens (primary N) is 1. The van der Waals surface area contributed by atoms with E-state index in [-0.39, 0.29) is 12.4 Å². The Labute approximate surface area is 158 Å². The summed E-state index contributed by atoms with van der Waals surface area (Å²) in [4.78, 5) is 4.52. The molecule has 0 saturated heterocycles. The van der Waals surface area contributed by atoms with E-state index in [9.17, 15) is 0 Å². The smallest absolute Gasteiger partial charge is 0.161 e. The Bertz CT molecular complexity index is 909. The zero-order valence-corrected chi connectivity index (χ0v) is 15.8. The van der Waals surface area contributed by atoms with Gasteiger partial charge >= 0.3 is 0 Å². The third-order valence-corrected chi connectivity index (χ3v) is 4.01. The van der Waals surface area contributed by atoms with Crippen molar-refractivity contribution in [2.75, 3.05) is 34.2 Å². The van der Waals surface area contributed by atoms with Gasteiger partial charge in [-0.1, -0.05) is 0 Å². The van der Waals surface area contributed by atoms with Crippen molar-refractivity contribution in [3.8, 4) is 34.3 Å². The first-order chi connectivity index (χ1) is 12.1. The second-order valence-electron chi connectivity index (χ2n) is 5.42. The molecule has 0 saturated carbocycles. The van der Waals surface area contributed by atoms with Crippen molar-refractivity contribution in [1.29, 1.82) is 0 Å². The van der Waals surface area contributed by atoms with Crippen LogP contribution in [0.25, 0.3) is 22.0 Å². The van der Waals surface area contributed by atoms with E-state index in [0.717, 1.165) is 22.0 Å². The van der Waals surface area contributed by atoms with Crippen LogP contribution in [0.2, 0.25) is 0 Å². The molecule has 3 aromatic rings. The van der Waals surface area contributed by atoms with Crippen molar-refractivity contribution < 1.29 is 18.9 Å². The molecule has 0 aliphatic rings. The van der Waals surface area contributed by atoms with E-state index < -0.39 is 0 Å². The molecule has 6 nitrogen and oxygen atoms in total. The van der Waals surface area contributed by atoms with Gasteiger partial charge in [-0.15, -0.1) is 12.4 Å². The fourth-order valence-corrected chi connectivity index (χ4v) is 2.71. The summed E-state index contributed by atoms with van der Waals surface area (Å²) in [5, 5.41) is 1.71. The average molecular weight is 377 g/mol.